The zero-order chi connectivity index (χ0) is 14.0. The molecule has 0 bridgehead atoms. The molecule has 2 rings (SSSR count). The first-order valence-corrected chi connectivity index (χ1v) is 6.63. The maximum atomic E-state index is 6.27. The lowest BCUT2D eigenvalue weighted by molar-refractivity contribution is 0.414. The van der Waals surface area contributed by atoms with Gasteiger partial charge >= 0.3 is 0 Å². The summed E-state index contributed by atoms with van der Waals surface area (Å²) in [4.78, 5) is 0. The normalized spacial score (nSPS) is 12.3. The molecule has 1 atom stereocenters. The van der Waals surface area contributed by atoms with Crippen molar-refractivity contribution >= 4 is 23.2 Å². The molecule has 0 aliphatic heterocycles. The number of halogens is 2. The van der Waals surface area contributed by atoms with Gasteiger partial charge in [0.15, 0.2) is 0 Å². The van der Waals surface area contributed by atoms with Gasteiger partial charge in [0.25, 0.3) is 0 Å². The Morgan fingerprint density at radius 1 is 1.00 bits per heavy atom. The molecule has 0 amide bonds. The highest BCUT2D eigenvalue weighted by Gasteiger charge is 2.12. The van der Waals surface area contributed by atoms with Crippen LogP contribution in [0.5, 0.6) is 5.75 Å². The second-order valence-electron chi connectivity index (χ2n) is 4.38. The molecule has 2 nitrogen and oxygen atoms in total. The van der Waals surface area contributed by atoms with Crippen LogP contribution in [0, 0.1) is 6.92 Å². The lowest BCUT2D eigenvalue weighted by atomic mass is 9.98. The van der Waals surface area contributed by atoms with Crippen molar-refractivity contribution in [2.45, 2.75) is 13.0 Å². The molecule has 0 saturated heterocycles. The van der Waals surface area contributed by atoms with E-state index in [1.165, 1.54) is 0 Å². The van der Waals surface area contributed by atoms with E-state index in [9.17, 15) is 0 Å². The molecule has 4 heteroatoms. The molecule has 2 aromatic carbocycles. The highest BCUT2D eigenvalue weighted by atomic mass is 35.5. The molecule has 0 spiro atoms. The van der Waals surface area contributed by atoms with Gasteiger partial charge in [0.2, 0.25) is 0 Å². The molecule has 0 heterocycles. The van der Waals surface area contributed by atoms with Crippen molar-refractivity contribution in [2.24, 2.45) is 5.73 Å². The summed E-state index contributed by atoms with van der Waals surface area (Å²) in [7, 11) is 1.59. The second-order valence-corrected chi connectivity index (χ2v) is 5.19. The smallest absolute Gasteiger partial charge is 0.137 e. The predicted molar refractivity (Wildman–Crippen MR) is 80.2 cm³/mol. The average Bonchev–Trinajstić information content (AvgIpc) is 2.41. The van der Waals surface area contributed by atoms with Crippen LogP contribution in [0.2, 0.25) is 10.0 Å². The molecule has 0 aliphatic rings. The van der Waals surface area contributed by atoms with Crippen molar-refractivity contribution in [2.75, 3.05) is 7.11 Å². The van der Waals surface area contributed by atoms with Crippen LogP contribution in [0.15, 0.2) is 36.4 Å². The molecule has 0 radical (unpaired) electrons. The van der Waals surface area contributed by atoms with E-state index in [1.807, 2.05) is 37.3 Å². The number of methoxy groups -OCH3 is 1. The van der Waals surface area contributed by atoms with Crippen molar-refractivity contribution in [3.8, 4) is 5.75 Å². The summed E-state index contributed by atoms with van der Waals surface area (Å²) in [5, 5.41) is 1.32. The van der Waals surface area contributed by atoms with Crippen LogP contribution in [0.4, 0.5) is 0 Å². The SMILES string of the molecule is COc1cc(C(N)c2ccc(Cl)c(C)c2)ccc1Cl. The molecule has 2 N–H and O–H groups in total. The topological polar surface area (TPSA) is 35.2 Å². The monoisotopic (exact) mass is 295 g/mol. The van der Waals surface area contributed by atoms with Gasteiger partial charge in [0.05, 0.1) is 18.2 Å². The summed E-state index contributed by atoms with van der Waals surface area (Å²) in [6.07, 6.45) is 0. The van der Waals surface area contributed by atoms with Crippen LogP contribution >= 0.6 is 23.2 Å². The second kappa shape index (κ2) is 5.83. The number of aryl methyl sites for hydroxylation is 1. The van der Waals surface area contributed by atoms with E-state index in [1.54, 1.807) is 13.2 Å². The summed E-state index contributed by atoms with van der Waals surface area (Å²) in [5.41, 5.74) is 9.23. The van der Waals surface area contributed by atoms with Crippen LogP contribution in [0.25, 0.3) is 0 Å². The van der Waals surface area contributed by atoms with Gasteiger partial charge in [-0.25, -0.2) is 0 Å². The standard InChI is InChI=1S/C15H15Cl2NO/c1-9-7-10(3-5-12(9)16)15(18)11-4-6-13(17)14(8-11)19-2/h3-8,15H,18H2,1-2H3. The third-order valence-electron chi connectivity index (χ3n) is 3.08. The van der Waals surface area contributed by atoms with E-state index in [-0.39, 0.29) is 6.04 Å². The summed E-state index contributed by atoms with van der Waals surface area (Å²) >= 11 is 12.0. The van der Waals surface area contributed by atoms with Crippen molar-refractivity contribution < 1.29 is 4.74 Å². The Hall–Kier alpha value is -1.22. The van der Waals surface area contributed by atoms with E-state index in [0.717, 1.165) is 21.7 Å². The van der Waals surface area contributed by atoms with Crippen molar-refractivity contribution in [1.29, 1.82) is 0 Å². The summed E-state index contributed by atoms with van der Waals surface area (Å²) in [6.45, 7) is 1.96. The summed E-state index contributed by atoms with van der Waals surface area (Å²) in [6, 6.07) is 11.1. The first-order chi connectivity index (χ1) is 9.02. The van der Waals surface area contributed by atoms with Gasteiger partial charge in [-0.3, -0.25) is 0 Å². The molecule has 2 aromatic rings. The first kappa shape index (κ1) is 14.2. The maximum Gasteiger partial charge on any atom is 0.137 e. The fourth-order valence-electron chi connectivity index (χ4n) is 1.92. The van der Waals surface area contributed by atoms with Gasteiger partial charge in [0.1, 0.15) is 5.75 Å². The first-order valence-electron chi connectivity index (χ1n) is 5.88. The molecule has 1 unspecified atom stereocenters. The summed E-state index contributed by atoms with van der Waals surface area (Å²) < 4.78 is 5.21. The molecule has 19 heavy (non-hydrogen) atoms. The molecule has 0 aromatic heterocycles. The van der Waals surface area contributed by atoms with Gasteiger partial charge in [-0.05, 0) is 41.8 Å². The zero-order valence-corrected chi connectivity index (χ0v) is 12.3. The lowest BCUT2D eigenvalue weighted by Crippen LogP contribution is -2.12. The largest absolute Gasteiger partial charge is 0.495 e. The van der Waals surface area contributed by atoms with E-state index < -0.39 is 0 Å². The predicted octanol–water partition coefficient (Wildman–Crippen LogP) is 4.36. The highest BCUT2D eigenvalue weighted by molar-refractivity contribution is 6.32. The van der Waals surface area contributed by atoms with Crippen LogP contribution < -0.4 is 10.5 Å². The molecular weight excluding hydrogens is 281 g/mol. The van der Waals surface area contributed by atoms with Gasteiger partial charge < -0.3 is 10.5 Å². The number of rotatable bonds is 3. The number of nitrogens with two attached hydrogens (primary N) is 1. The third-order valence-corrected chi connectivity index (χ3v) is 3.81. The Morgan fingerprint density at radius 2 is 1.58 bits per heavy atom. The number of hydrogen-bond acceptors (Lipinski definition) is 2. The van der Waals surface area contributed by atoms with E-state index in [0.29, 0.717) is 10.8 Å². The van der Waals surface area contributed by atoms with Gasteiger partial charge in [0, 0.05) is 5.02 Å². The van der Waals surface area contributed by atoms with Gasteiger partial charge in [-0.2, -0.15) is 0 Å². The van der Waals surface area contributed by atoms with Crippen molar-refractivity contribution in [3.05, 3.63) is 63.1 Å². The zero-order valence-electron chi connectivity index (χ0n) is 10.8. The quantitative estimate of drug-likeness (QED) is 0.913. The minimum absolute atomic E-state index is 0.234. The Labute approximate surface area is 123 Å². The van der Waals surface area contributed by atoms with Crippen molar-refractivity contribution in [3.63, 3.8) is 0 Å². The average molecular weight is 296 g/mol. The highest BCUT2D eigenvalue weighted by Crippen LogP contribution is 2.30. The lowest BCUT2D eigenvalue weighted by Gasteiger charge is -2.15. The Balaban J connectivity index is 2.37. The minimum atomic E-state index is -0.234. The van der Waals surface area contributed by atoms with E-state index >= 15 is 0 Å². The minimum Gasteiger partial charge on any atom is -0.495 e. The maximum absolute atomic E-state index is 6.27. The van der Waals surface area contributed by atoms with Crippen LogP contribution in [0.1, 0.15) is 22.7 Å². The van der Waals surface area contributed by atoms with Crippen molar-refractivity contribution in [1.82, 2.24) is 0 Å². The van der Waals surface area contributed by atoms with Gasteiger partial charge in [-0.15, -0.1) is 0 Å². The molecule has 0 aliphatic carbocycles. The number of hydrogen-bond donors (Lipinski definition) is 1. The van der Waals surface area contributed by atoms with Crippen LogP contribution in [-0.2, 0) is 0 Å². The number of ether oxygens (including phenoxy) is 1. The van der Waals surface area contributed by atoms with E-state index in [2.05, 4.69) is 0 Å². The van der Waals surface area contributed by atoms with E-state index in [4.69, 9.17) is 33.7 Å². The molecule has 0 fully saturated rings. The number of benzene rings is 2. The fourth-order valence-corrected chi connectivity index (χ4v) is 2.24. The van der Waals surface area contributed by atoms with Crippen LogP contribution in [-0.4, -0.2) is 7.11 Å². The Kier molecular flexibility index (Phi) is 4.35. The Bertz CT molecular complexity index is 599. The Morgan fingerprint density at radius 3 is 2.16 bits per heavy atom. The third kappa shape index (κ3) is 3.03. The van der Waals surface area contributed by atoms with Crippen LogP contribution in [0.3, 0.4) is 0 Å². The molecule has 0 saturated carbocycles. The fraction of sp³-hybridized carbons (Fsp3) is 0.200. The molecular formula is C15H15Cl2NO. The van der Waals surface area contributed by atoms with Gasteiger partial charge in [-0.1, -0.05) is 41.4 Å². The molecule has 100 valence electrons. The summed E-state index contributed by atoms with van der Waals surface area (Å²) in [5.74, 6) is 0.625.